The summed E-state index contributed by atoms with van der Waals surface area (Å²) in [7, 11) is 1.20. The van der Waals surface area contributed by atoms with Crippen LogP contribution in [-0.4, -0.2) is 38.0 Å². The minimum Gasteiger partial charge on any atom is -0.466 e. The summed E-state index contributed by atoms with van der Waals surface area (Å²) in [6.45, 7) is 0.165. The van der Waals surface area contributed by atoms with Gasteiger partial charge >= 0.3 is 11.9 Å². The first-order chi connectivity index (χ1) is 6.67. The van der Waals surface area contributed by atoms with Crippen LogP contribution in [0.2, 0.25) is 0 Å². The molecule has 1 N–H and O–H groups in total. The zero-order valence-electron chi connectivity index (χ0n) is 7.48. The maximum absolute atomic E-state index is 11.1. The Bertz CT molecular complexity index is 296. The predicted molar refractivity (Wildman–Crippen MR) is 44.0 cm³/mol. The summed E-state index contributed by atoms with van der Waals surface area (Å²) in [4.78, 5) is 32.1. The number of hydrogen-bond donors (Lipinski definition) is 1. The minimum atomic E-state index is -0.794. The molecule has 1 aliphatic rings. The second kappa shape index (κ2) is 4.40. The lowest BCUT2D eigenvalue weighted by Gasteiger charge is -2.21. The van der Waals surface area contributed by atoms with Gasteiger partial charge in [0.1, 0.15) is 5.70 Å². The molecule has 0 amide bonds. The van der Waals surface area contributed by atoms with Gasteiger partial charge in [-0.3, -0.25) is 4.79 Å². The number of nitrogens with one attached hydrogen (secondary N) is 1. The Balaban J connectivity index is 2.66. The molecule has 0 aliphatic carbocycles. The Morgan fingerprint density at radius 2 is 2.43 bits per heavy atom. The standard InChI is InChI=1S/C8H9NO5/c1-13-7(11)2-6-8(12)14-5(4-10)3-9-6/h2,4-5,9H,3H2,1H3/b6-2-. The summed E-state index contributed by atoms with van der Waals surface area (Å²) in [5.41, 5.74) is -0.00468. The third-order valence-corrected chi connectivity index (χ3v) is 1.59. The molecule has 1 rings (SSSR count). The van der Waals surface area contributed by atoms with E-state index in [1.165, 1.54) is 7.11 Å². The first-order valence-corrected chi connectivity index (χ1v) is 3.87. The summed E-state index contributed by atoms with van der Waals surface area (Å²) < 4.78 is 8.97. The van der Waals surface area contributed by atoms with Crippen molar-refractivity contribution >= 4 is 18.2 Å². The molecule has 1 fully saturated rings. The molecule has 1 saturated heterocycles. The fraction of sp³-hybridized carbons (Fsp3) is 0.375. The molecule has 1 atom stereocenters. The highest BCUT2D eigenvalue weighted by Gasteiger charge is 2.24. The summed E-state index contributed by atoms with van der Waals surface area (Å²) in [6, 6.07) is 0. The van der Waals surface area contributed by atoms with Gasteiger partial charge in [-0.15, -0.1) is 0 Å². The molecule has 1 unspecified atom stereocenters. The van der Waals surface area contributed by atoms with Crippen molar-refractivity contribution in [3.05, 3.63) is 11.8 Å². The third-order valence-electron chi connectivity index (χ3n) is 1.59. The van der Waals surface area contributed by atoms with E-state index < -0.39 is 18.0 Å². The van der Waals surface area contributed by atoms with Crippen molar-refractivity contribution in [1.29, 1.82) is 0 Å². The molecule has 0 aromatic carbocycles. The van der Waals surface area contributed by atoms with E-state index in [9.17, 15) is 14.4 Å². The lowest BCUT2D eigenvalue weighted by Crippen LogP contribution is -2.41. The molecule has 0 aromatic heterocycles. The normalized spacial score (nSPS) is 23.6. The van der Waals surface area contributed by atoms with E-state index in [0.717, 1.165) is 6.08 Å². The average molecular weight is 199 g/mol. The van der Waals surface area contributed by atoms with Crippen molar-refractivity contribution in [2.75, 3.05) is 13.7 Å². The number of rotatable bonds is 2. The SMILES string of the molecule is COC(=O)/C=C1\NCC(C=O)OC1=O. The number of esters is 2. The van der Waals surface area contributed by atoms with Crippen LogP contribution in [0.5, 0.6) is 0 Å². The van der Waals surface area contributed by atoms with Gasteiger partial charge in [0.05, 0.1) is 19.7 Å². The Morgan fingerprint density at radius 1 is 1.71 bits per heavy atom. The topological polar surface area (TPSA) is 81.7 Å². The monoisotopic (exact) mass is 199 g/mol. The molecule has 14 heavy (non-hydrogen) atoms. The first kappa shape index (κ1) is 10.2. The molecule has 0 aromatic rings. The fourth-order valence-corrected chi connectivity index (χ4v) is 0.888. The van der Waals surface area contributed by atoms with Gasteiger partial charge in [-0.2, -0.15) is 0 Å². The van der Waals surface area contributed by atoms with Crippen LogP contribution in [0.15, 0.2) is 11.8 Å². The van der Waals surface area contributed by atoms with Crippen molar-refractivity contribution in [3.8, 4) is 0 Å². The van der Waals surface area contributed by atoms with E-state index in [-0.39, 0.29) is 12.2 Å². The van der Waals surface area contributed by atoms with Gasteiger partial charge < -0.3 is 14.8 Å². The Kier molecular flexibility index (Phi) is 3.22. The van der Waals surface area contributed by atoms with Crippen LogP contribution in [0, 0.1) is 0 Å². The fourth-order valence-electron chi connectivity index (χ4n) is 0.888. The molecule has 6 nitrogen and oxygen atoms in total. The highest BCUT2D eigenvalue weighted by molar-refractivity contribution is 5.97. The van der Waals surface area contributed by atoms with E-state index in [4.69, 9.17) is 0 Å². The maximum Gasteiger partial charge on any atom is 0.355 e. The molecular formula is C8H9NO5. The van der Waals surface area contributed by atoms with Crippen LogP contribution in [0.25, 0.3) is 0 Å². The summed E-state index contributed by atoms with van der Waals surface area (Å²) in [5, 5.41) is 2.59. The number of carbonyl (C=O) groups is 3. The van der Waals surface area contributed by atoms with Gasteiger partial charge in [0, 0.05) is 0 Å². The van der Waals surface area contributed by atoms with Crippen LogP contribution in [-0.2, 0) is 23.9 Å². The molecule has 0 saturated carbocycles. The number of cyclic esters (lactones) is 1. The number of hydrogen-bond acceptors (Lipinski definition) is 6. The Hall–Kier alpha value is -1.85. The molecule has 1 aliphatic heterocycles. The highest BCUT2D eigenvalue weighted by Crippen LogP contribution is 2.04. The van der Waals surface area contributed by atoms with Crippen LogP contribution in [0.1, 0.15) is 0 Å². The summed E-state index contributed by atoms with van der Waals surface area (Å²) in [6.07, 6.45) is 0.695. The van der Waals surface area contributed by atoms with E-state index in [0.29, 0.717) is 6.29 Å². The molecule has 0 spiro atoms. The zero-order chi connectivity index (χ0) is 10.6. The predicted octanol–water partition coefficient (Wildman–Crippen LogP) is -1.24. The largest absolute Gasteiger partial charge is 0.466 e. The molecule has 1 heterocycles. The second-order valence-electron chi connectivity index (χ2n) is 2.54. The van der Waals surface area contributed by atoms with Crippen LogP contribution in [0.4, 0.5) is 0 Å². The molecular weight excluding hydrogens is 190 g/mol. The lowest BCUT2D eigenvalue weighted by molar-refractivity contribution is -0.150. The van der Waals surface area contributed by atoms with Gasteiger partial charge in [-0.1, -0.05) is 0 Å². The molecule has 0 radical (unpaired) electrons. The van der Waals surface area contributed by atoms with Crippen molar-refractivity contribution in [1.82, 2.24) is 5.32 Å². The number of ether oxygens (including phenoxy) is 2. The van der Waals surface area contributed by atoms with Crippen LogP contribution < -0.4 is 5.32 Å². The van der Waals surface area contributed by atoms with Crippen LogP contribution in [0.3, 0.4) is 0 Å². The Labute approximate surface area is 79.9 Å². The van der Waals surface area contributed by atoms with E-state index >= 15 is 0 Å². The van der Waals surface area contributed by atoms with Crippen molar-refractivity contribution in [2.45, 2.75) is 6.10 Å². The highest BCUT2D eigenvalue weighted by atomic mass is 16.6. The Morgan fingerprint density at radius 3 is 2.93 bits per heavy atom. The summed E-state index contributed by atoms with van der Waals surface area (Å²) in [5.74, 6) is -1.40. The van der Waals surface area contributed by atoms with Crippen molar-refractivity contribution in [3.63, 3.8) is 0 Å². The van der Waals surface area contributed by atoms with Crippen molar-refractivity contribution in [2.24, 2.45) is 0 Å². The average Bonchev–Trinajstić information content (AvgIpc) is 2.20. The quantitative estimate of drug-likeness (QED) is 0.340. The first-order valence-electron chi connectivity index (χ1n) is 3.87. The smallest absolute Gasteiger partial charge is 0.355 e. The number of methoxy groups -OCH3 is 1. The third kappa shape index (κ3) is 2.32. The maximum atomic E-state index is 11.1. The molecule has 6 heteroatoms. The van der Waals surface area contributed by atoms with Gasteiger partial charge in [0.25, 0.3) is 0 Å². The van der Waals surface area contributed by atoms with Gasteiger partial charge in [-0.05, 0) is 0 Å². The summed E-state index contributed by atoms with van der Waals surface area (Å²) >= 11 is 0. The van der Waals surface area contributed by atoms with E-state index in [2.05, 4.69) is 14.8 Å². The van der Waals surface area contributed by atoms with Gasteiger partial charge in [0.15, 0.2) is 12.4 Å². The molecule has 76 valence electrons. The molecule has 0 bridgehead atoms. The van der Waals surface area contributed by atoms with Crippen LogP contribution >= 0.6 is 0 Å². The van der Waals surface area contributed by atoms with Gasteiger partial charge in [-0.25, -0.2) is 9.59 Å². The van der Waals surface area contributed by atoms with Gasteiger partial charge in [0.2, 0.25) is 0 Å². The van der Waals surface area contributed by atoms with E-state index in [1.54, 1.807) is 0 Å². The number of carbonyl (C=O) groups excluding carboxylic acids is 3. The number of aldehydes is 1. The number of morpholine rings is 1. The zero-order valence-corrected chi connectivity index (χ0v) is 7.48. The second-order valence-corrected chi connectivity index (χ2v) is 2.54. The van der Waals surface area contributed by atoms with E-state index in [1.807, 2.05) is 0 Å². The van der Waals surface area contributed by atoms with Crippen molar-refractivity contribution < 1.29 is 23.9 Å². The lowest BCUT2D eigenvalue weighted by atomic mass is 10.3. The minimum absolute atomic E-state index is 0.00468.